The van der Waals surface area contributed by atoms with Gasteiger partial charge in [-0.2, -0.15) is 13.2 Å². The summed E-state index contributed by atoms with van der Waals surface area (Å²) >= 11 is 0. The second-order valence-electron chi connectivity index (χ2n) is 8.33. The molecule has 2 amide bonds. The van der Waals surface area contributed by atoms with Gasteiger partial charge in [-0.1, -0.05) is 25.1 Å². The molecule has 1 fully saturated rings. The van der Waals surface area contributed by atoms with Crippen LogP contribution in [-0.2, 0) is 19.0 Å². The van der Waals surface area contributed by atoms with E-state index in [1.807, 2.05) is 27.7 Å². The Kier molecular flexibility index (Phi) is 7.26. The fraction of sp³-hybridized carbons (Fsp3) is 0.522. The molecule has 9 heteroatoms. The minimum atomic E-state index is -4.39. The summed E-state index contributed by atoms with van der Waals surface area (Å²) in [6, 6.07) is 5.39. The molecule has 3 rings (SSSR count). The lowest BCUT2D eigenvalue weighted by atomic mass is 10.00. The summed E-state index contributed by atoms with van der Waals surface area (Å²) in [5.74, 6) is 1.38. The molecule has 1 aliphatic rings. The van der Waals surface area contributed by atoms with Crippen molar-refractivity contribution in [2.24, 2.45) is 0 Å². The number of halogens is 3. The topological polar surface area (TPSA) is 61.4 Å². The molecular formula is C23H30F3N5O. The van der Waals surface area contributed by atoms with E-state index in [0.717, 1.165) is 23.1 Å². The van der Waals surface area contributed by atoms with E-state index >= 15 is 0 Å². The van der Waals surface area contributed by atoms with E-state index in [9.17, 15) is 18.0 Å². The van der Waals surface area contributed by atoms with Crippen molar-refractivity contribution in [1.29, 1.82) is 0 Å². The number of carbonyl (C=O) groups excluding carboxylic acids is 1. The smallest absolute Gasteiger partial charge is 0.353 e. The number of rotatable bonds is 5. The number of benzene rings is 1. The van der Waals surface area contributed by atoms with Gasteiger partial charge < -0.3 is 15.1 Å². The standard InChI is InChI=1S/C23H30F3N5O/c1-5-20-19(14-17-7-6-8-18(13-17)23(24,25)26)21(29-16(4)28-20)30-9-11-31(12-10-30)22(32)27-15(2)3/h6-8,13,15H,5,9-12,14H2,1-4H3,(H,27,32). The molecule has 0 radical (unpaired) electrons. The van der Waals surface area contributed by atoms with Crippen LogP contribution in [-0.4, -0.2) is 53.1 Å². The van der Waals surface area contributed by atoms with Crippen LogP contribution in [0, 0.1) is 6.92 Å². The number of amides is 2. The molecule has 32 heavy (non-hydrogen) atoms. The number of urea groups is 1. The van der Waals surface area contributed by atoms with Gasteiger partial charge in [-0.05, 0) is 38.8 Å². The Morgan fingerprint density at radius 2 is 1.84 bits per heavy atom. The third-order valence-electron chi connectivity index (χ3n) is 5.43. The third kappa shape index (κ3) is 5.69. The first-order chi connectivity index (χ1) is 15.1. The fourth-order valence-electron chi connectivity index (χ4n) is 3.89. The highest BCUT2D eigenvalue weighted by molar-refractivity contribution is 5.74. The minimum absolute atomic E-state index is 0.0659. The molecule has 0 bridgehead atoms. The van der Waals surface area contributed by atoms with Crippen molar-refractivity contribution in [3.63, 3.8) is 0 Å². The van der Waals surface area contributed by atoms with Crippen LogP contribution in [0.5, 0.6) is 0 Å². The van der Waals surface area contributed by atoms with Gasteiger partial charge in [0.2, 0.25) is 0 Å². The highest BCUT2D eigenvalue weighted by atomic mass is 19.4. The molecule has 1 aliphatic heterocycles. The predicted molar refractivity (Wildman–Crippen MR) is 118 cm³/mol. The van der Waals surface area contributed by atoms with Crippen molar-refractivity contribution >= 4 is 11.8 Å². The number of alkyl halides is 3. The molecule has 0 aliphatic carbocycles. The average molecular weight is 450 g/mol. The van der Waals surface area contributed by atoms with Crippen molar-refractivity contribution in [1.82, 2.24) is 20.2 Å². The summed E-state index contributed by atoms with van der Waals surface area (Å²) < 4.78 is 39.6. The number of hydrogen-bond acceptors (Lipinski definition) is 4. The van der Waals surface area contributed by atoms with Crippen LogP contribution < -0.4 is 10.2 Å². The van der Waals surface area contributed by atoms with Crippen LogP contribution in [0.1, 0.15) is 49.0 Å². The zero-order chi connectivity index (χ0) is 23.5. The van der Waals surface area contributed by atoms with Crippen LogP contribution in [0.25, 0.3) is 0 Å². The number of aryl methyl sites for hydroxylation is 2. The molecule has 1 saturated heterocycles. The van der Waals surface area contributed by atoms with Crippen molar-refractivity contribution in [2.75, 3.05) is 31.1 Å². The van der Waals surface area contributed by atoms with E-state index < -0.39 is 11.7 Å². The zero-order valence-electron chi connectivity index (χ0n) is 19.0. The average Bonchev–Trinajstić information content (AvgIpc) is 2.74. The largest absolute Gasteiger partial charge is 0.416 e. The Hall–Kier alpha value is -2.84. The lowest BCUT2D eigenvalue weighted by Gasteiger charge is -2.37. The van der Waals surface area contributed by atoms with Crippen LogP contribution in [0.15, 0.2) is 24.3 Å². The number of aromatic nitrogens is 2. The van der Waals surface area contributed by atoms with E-state index in [1.165, 1.54) is 12.1 Å². The predicted octanol–water partition coefficient (Wildman–Crippen LogP) is 4.20. The van der Waals surface area contributed by atoms with Crippen molar-refractivity contribution in [3.05, 3.63) is 52.5 Å². The molecule has 174 valence electrons. The summed E-state index contributed by atoms with van der Waals surface area (Å²) in [6.07, 6.45) is -3.42. The van der Waals surface area contributed by atoms with E-state index in [0.29, 0.717) is 50.4 Å². The van der Waals surface area contributed by atoms with Crippen LogP contribution >= 0.6 is 0 Å². The first kappa shape index (κ1) is 23.8. The number of nitrogens with zero attached hydrogens (tertiary/aromatic N) is 4. The number of nitrogens with one attached hydrogen (secondary N) is 1. The lowest BCUT2D eigenvalue weighted by Crippen LogP contribution is -2.53. The quantitative estimate of drug-likeness (QED) is 0.743. The third-order valence-corrected chi connectivity index (χ3v) is 5.43. The van der Waals surface area contributed by atoms with Gasteiger partial charge in [-0.15, -0.1) is 0 Å². The highest BCUT2D eigenvalue weighted by Gasteiger charge is 2.31. The Morgan fingerprint density at radius 1 is 1.16 bits per heavy atom. The summed E-state index contributed by atoms with van der Waals surface area (Å²) in [7, 11) is 0. The molecule has 0 saturated carbocycles. The van der Waals surface area contributed by atoms with Gasteiger partial charge in [-0.3, -0.25) is 0 Å². The maximum absolute atomic E-state index is 13.2. The zero-order valence-corrected chi connectivity index (χ0v) is 19.0. The molecular weight excluding hydrogens is 419 g/mol. The Morgan fingerprint density at radius 3 is 2.44 bits per heavy atom. The monoisotopic (exact) mass is 449 g/mol. The SMILES string of the molecule is CCc1nc(C)nc(N2CCN(C(=O)NC(C)C)CC2)c1Cc1cccc(C(F)(F)F)c1. The molecule has 2 heterocycles. The van der Waals surface area contributed by atoms with E-state index in [2.05, 4.69) is 20.2 Å². The van der Waals surface area contributed by atoms with Gasteiger partial charge in [0.15, 0.2) is 0 Å². The summed E-state index contributed by atoms with van der Waals surface area (Å²) in [4.78, 5) is 25.4. The second-order valence-corrected chi connectivity index (χ2v) is 8.33. The number of piperazine rings is 1. The second kappa shape index (κ2) is 9.75. The van der Waals surface area contributed by atoms with Crippen LogP contribution in [0.4, 0.5) is 23.8 Å². The Balaban J connectivity index is 1.87. The van der Waals surface area contributed by atoms with Gasteiger partial charge in [0.1, 0.15) is 11.6 Å². The Labute approximate surface area is 186 Å². The van der Waals surface area contributed by atoms with Gasteiger partial charge in [0.05, 0.1) is 5.56 Å². The molecule has 6 nitrogen and oxygen atoms in total. The summed E-state index contributed by atoms with van der Waals surface area (Å²) in [5, 5.41) is 2.91. The van der Waals surface area contributed by atoms with Gasteiger partial charge >= 0.3 is 12.2 Å². The number of carbonyl (C=O) groups is 1. The molecule has 1 aromatic carbocycles. The highest BCUT2D eigenvalue weighted by Crippen LogP contribution is 2.31. The van der Waals surface area contributed by atoms with Crippen molar-refractivity contribution in [2.45, 2.75) is 52.8 Å². The molecule has 1 N–H and O–H groups in total. The van der Waals surface area contributed by atoms with Crippen LogP contribution in [0.2, 0.25) is 0 Å². The molecule has 1 aromatic heterocycles. The number of hydrogen-bond donors (Lipinski definition) is 1. The van der Waals surface area contributed by atoms with Gasteiger partial charge in [0, 0.05) is 49.9 Å². The van der Waals surface area contributed by atoms with Crippen molar-refractivity contribution in [3.8, 4) is 0 Å². The molecule has 0 unspecified atom stereocenters. The first-order valence-corrected chi connectivity index (χ1v) is 10.9. The van der Waals surface area contributed by atoms with Crippen molar-refractivity contribution < 1.29 is 18.0 Å². The molecule has 0 spiro atoms. The van der Waals surface area contributed by atoms with E-state index in [1.54, 1.807) is 11.0 Å². The maximum Gasteiger partial charge on any atom is 0.416 e. The number of anilines is 1. The van der Waals surface area contributed by atoms with E-state index in [4.69, 9.17) is 0 Å². The molecule has 0 atom stereocenters. The lowest BCUT2D eigenvalue weighted by molar-refractivity contribution is -0.137. The van der Waals surface area contributed by atoms with Gasteiger partial charge in [-0.25, -0.2) is 14.8 Å². The normalized spacial score (nSPS) is 14.8. The molecule has 2 aromatic rings. The summed E-state index contributed by atoms with van der Waals surface area (Å²) in [6.45, 7) is 9.94. The fourth-order valence-corrected chi connectivity index (χ4v) is 3.89. The summed E-state index contributed by atoms with van der Waals surface area (Å²) in [5.41, 5.74) is 1.59. The minimum Gasteiger partial charge on any atom is -0.353 e. The first-order valence-electron chi connectivity index (χ1n) is 10.9. The van der Waals surface area contributed by atoms with Gasteiger partial charge in [0.25, 0.3) is 0 Å². The maximum atomic E-state index is 13.2. The van der Waals surface area contributed by atoms with Crippen LogP contribution in [0.3, 0.4) is 0 Å². The Bertz CT molecular complexity index is 953. The van der Waals surface area contributed by atoms with E-state index in [-0.39, 0.29) is 12.1 Å².